The smallest absolute Gasteiger partial charge is 0.260 e. The summed E-state index contributed by atoms with van der Waals surface area (Å²) in [5.74, 6) is 2.09. The first-order valence-electron chi connectivity index (χ1n) is 8.76. The molecule has 138 valence electrons. The third-order valence-electron chi connectivity index (χ3n) is 4.94. The molecule has 1 amide bonds. The average Bonchev–Trinajstić information content (AvgIpc) is 3.05. The first-order chi connectivity index (χ1) is 13.0. The lowest BCUT2D eigenvalue weighted by Crippen LogP contribution is -2.18. The van der Waals surface area contributed by atoms with E-state index in [-0.39, 0.29) is 18.2 Å². The third-order valence-corrected chi connectivity index (χ3v) is 4.94. The molecule has 1 fully saturated rings. The molecule has 8 nitrogen and oxygen atoms in total. The molecule has 0 bridgehead atoms. The third kappa shape index (κ3) is 2.73. The van der Waals surface area contributed by atoms with E-state index in [2.05, 4.69) is 27.5 Å². The Labute approximate surface area is 154 Å². The van der Waals surface area contributed by atoms with Gasteiger partial charge >= 0.3 is 0 Å². The zero-order valence-electron chi connectivity index (χ0n) is 15.0. The topological polar surface area (TPSA) is 98.5 Å². The highest BCUT2D eigenvalue weighted by Crippen LogP contribution is 2.40. The number of aryl methyl sites for hydroxylation is 1. The van der Waals surface area contributed by atoms with Crippen LogP contribution in [0, 0.1) is 6.92 Å². The van der Waals surface area contributed by atoms with Crippen LogP contribution in [0.1, 0.15) is 35.9 Å². The molecule has 3 heterocycles. The van der Waals surface area contributed by atoms with Gasteiger partial charge in [-0.3, -0.25) is 4.79 Å². The average molecular weight is 366 g/mol. The molecule has 3 aromatic rings. The molecule has 0 radical (unpaired) electrons. The number of carbonyl (C=O) groups is 1. The maximum atomic E-state index is 13.0. The Morgan fingerprint density at radius 1 is 1.19 bits per heavy atom. The monoisotopic (exact) mass is 366 g/mol. The fourth-order valence-electron chi connectivity index (χ4n) is 3.18. The Balaban J connectivity index is 1.51. The summed E-state index contributed by atoms with van der Waals surface area (Å²) in [6, 6.07) is 5.27. The van der Waals surface area contributed by atoms with E-state index in [4.69, 9.17) is 13.9 Å². The molecule has 5 rings (SSSR count). The fraction of sp³-hybridized carbons (Fsp3) is 0.316. The van der Waals surface area contributed by atoms with Crippen LogP contribution in [0.25, 0.3) is 11.1 Å². The van der Waals surface area contributed by atoms with Gasteiger partial charge in [0.25, 0.3) is 5.91 Å². The van der Waals surface area contributed by atoms with Crippen molar-refractivity contribution < 1.29 is 18.7 Å². The maximum Gasteiger partial charge on any atom is 0.260 e. The number of nitrogens with one attached hydrogen (secondary N) is 2. The van der Waals surface area contributed by atoms with Crippen LogP contribution in [0.3, 0.4) is 0 Å². The van der Waals surface area contributed by atoms with Gasteiger partial charge < -0.3 is 24.5 Å². The van der Waals surface area contributed by atoms with Crippen LogP contribution in [0.5, 0.6) is 11.5 Å². The van der Waals surface area contributed by atoms with E-state index >= 15 is 0 Å². The normalized spacial score (nSPS) is 16.4. The molecule has 1 aliphatic carbocycles. The molecule has 2 aliphatic rings. The van der Waals surface area contributed by atoms with Gasteiger partial charge in [-0.2, -0.15) is 0 Å². The summed E-state index contributed by atoms with van der Waals surface area (Å²) >= 11 is 0. The number of carbonyl (C=O) groups excluding carboxylic acids is 1. The lowest BCUT2D eigenvalue weighted by atomic mass is 10.1. The summed E-state index contributed by atoms with van der Waals surface area (Å²) in [5, 5.41) is 6.91. The highest BCUT2D eigenvalue weighted by Gasteiger charge is 2.38. The number of nitrogens with zero attached hydrogens (tertiary/aromatic N) is 2. The summed E-state index contributed by atoms with van der Waals surface area (Å²) in [5.41, 5.74) is 1.44. The van der Waals surface area contributed by atoms with Crippen molar-refractivity contribution in [1.82, 2.24) is 9.97 Å². The number of anilines is 2. The quantitative estimate of drug-likeness (QED) is 0.729. The van der Waals surface area contributed by atoms with Crippen molar-refractivity contribution in [2.45, 2.75) is 32.2 Å². The minimum atomic E-state index is -0.288. The van der Waals surface area contributed by atoms with Crippen molar-refractivity contribution in [3.05, 3.63) is 35.9 Å². The van der Waals surface area contributed by atoms with Gasteiger partial charge in [0.1, 0.15) is 17.9 Å². The zero-order valence-corrected chi connectivity index (χ0v) is 15.0. The van der Waals surface area contributed by atoms with Gasteiger partial charge in [0.15, 0.2) is 11.5 Å². The lowest BCUT2D eigenvalue weighted by Gasteiger charge is -2.13. The molecular weight excluding hydrogens is 348 g/mol. The standard InChI is InChI=1S/C19H18N4O4/c1-10-14(17(24)22-11-3-4-12-13(7-11)26-9-25-12)15-16(23-19(2)5-6-19)20-8-21-18(15)27-10/h3-4,7-8H,5-6,9H2,1-2H3,(H,22,24)(H,20,21,23). The molecule has 1 aliphatic heterocycles. The number of hydrogen-bond donors (Lipinski definition) is 2. The Morgan fingerprint density at radius 2 is 2.00 bits per heavy atom. The Hall–Kier alpha value is -3.29. The Kier molecular flexibility index (Phi) is 3.30. The van der Waals surface area contributed by atoms with E-state index in [0.717, 1.165) is 12.8 Å². The van der Waals surface area contributed by atoms with E-state index in [1.165, 1.54) is 6.33 Å². The minimum Gasteiger partial charge on any atom is -0.454 e. The molecular formula is C19H18N4O4. The van der Waals surface area contributed by atoms with Gasteiger partial charge in [-0.25, -0.2) is 9.97 Å². The maximum absolute atomic E-state index is 13.0. The fourth-order valence-corrected chi connectivity index (χ4v) is 3.18. The van der Waals surface area contributed by atoms with Crippen molar-refractivity contribution in [3.8, 4) is 11.5 Å². The van der Waals surface area contributed by atoms with Crippen LogP contribution in [0.15, 0.2) is 28.9 Å². The van der Waals surface area contributed by atoms with Crippen molar-refractivity contribution in [3.63, 3.8) is 0 Å². The second-order valence-corrected chi connectivity index (χ2v) is 7.14. The van der Waals surface area contributed by atoms with E-state index in [1.54, 1.807) is 25.1 Å². The van der Waals surface area contributed by atoms with Crippen LogP contribution < -0.4 is 20.1 Å². The number of fused-ring (bicyclic) bond motifs is 2. The van der Waals surface area contributed by atoms with Crippen LogP contribution in [-0.2, 0) is 0 Å². The summed E-state index contributed by atoms with van der Waals surface area (Å²) in [7, 11) is 0. The number of ether oxygens (including phenoxy) is 2. The molecule has 8 heteroatoms. The van der Waals surface area contributed by atoms with Gasteiger partial charge in [-0.1, -0.05) is 0 Å². The number of furan rings is 1. The summed E-state index contributed by atoms with van der Waals surface area (Å²) < 4.78 is 16.4. The number of hydrogen-bond acceptors (Lipinski definition) is 7. The molecule has 0 atom stereocenters. The number of amides is 1. The SMILES string of the molecule is Cc1oc2ncnc(NC3(C)CC3)c2c1C(=O)Nc1ccc2c(c1)OCO2. The van der Waals surface area contributed by atoms with Crippen molar-refractivity contribution in [2.24, 2.45) is 0 Å². The van der Waals surface area contributed by atoms with Crippen molar-refractivity contribution >= 4 is 28.5 Å². The summed E-state index contributed by atoms with van der Waals surface area (Å²) in [4.78, 5) is 21.5. The number of aromatic nitrogens is 2. The second kappa shape index (κ2) is 5.60. The molecule has 27 heavy (non-hydrogen) atoms. The molecule has 0 unspecified atom stereocenters. The summed E-state index contributed by atoms with van der Waals surface area (Å²) in [6.45, 7) is 4.06. The summed E-state index contributed by atoms with van der Waals surface area (Å²) in [6.07, 6.45) is 3.57. The first-order valence-corrected chi connectivity index (χ1v) is 8.76. The number of rotatable bonds is 4. The predicted molar refractivity (Wildman–Crippen MR) is 98.3 cm³/mol. The van der Waals surface area contributed by atoms with Crippen LogP contribution in [0.4, 0.5) is 11.5 Å². The lowest BCUT2D eigenvalue weighted by molar-refractivity contribution is 0.102. The van der Waals surface area contributed by atoms with Crippen LogP contribution in [0.2, 0.25) is 0 Å². The molecule has 2 N–H and O–H groups in total. The zero-order chi connectivity index (χ0) is 18.6. The van der Waals surface area contributed by atoms with Gasteiger partial charge in [0, 0.05) is 17.3 Å². The predicted octanol–water partition coefficient (Wildman–Crippen LogP) is 3.48. The van der Waals surface area contributed by atoms with E-state index in [0.29, 0.717) is 45.4 Å². The molecule has 2 aromatic heterocycles. The van der Waals surface area contributed by atoms with E-state index in [1.807, 2.05) is 0 Å². The van der Waals surface area contributed by atoms with Crippen LogP contribution in [-0.4, -0.2) is 28.2 Å². The highest BCUT2D eigenvalue weighted by atomic mass is 16.7. The van der Waals surface area contributed by atoms with E-state index < -0.39 is 0 Å². The highest BCUT2D eigenvalue weighted by molar-refractivity contribution is 6.15. The Bertz CT molecular complexity index is 1070. The molecule has 1 saturated carbocycles. The van der Waals surface area contributed by atoms with Gasteiger partial charge in [-0.15, -0.1) is 0 Å². The van der Waals surface area contributed by atoms with Crippen LogP contribution >= 0.6 is 0 Å². The first kappa shape index (κ1) is 15.9. The Morgan fingerprint density at radius 3 is 2.81 bits per heavy atom. The van der Waals surface area contributed by atoms with Crippen molar-refractivity contribution in [1.29, 1.82) is 0 Å². The van der Waals surface area contributed by atoms with Gasteiger partial charge in [0.2, 0.25) is 12.5 Å². The molecule has 1 aromatic carbocycles. The number of benzene rings is 1. The van der Waals surface area contributed by atoms with Gasteiger partial charge in [0.05, 0.1) is 10.9 Å². The largest absolute Gasteiger partial charge is 0.454 e. The van der Waals surface area contributed by atoms with Crippen molar-refractivity contribution in [2.75, 3.05) is 17.4 Å². The second-order valence-electron chi connectivity index (χ2n) is 7.14. The molecule has 0 saturated heterocycles. The van der Waals surface area contributed by atoms with Gasteiger partial charge in [-0.05, 0) is 38.8 Å². The minimum absolute atomic E-state index is 0.0114. The molecule has 0 spiro atoms. The van der Waals surface area contributed by atoms with E-state index in [9.17, 15) is 4.79 Å².